The van der Waals surface area contributed by atoms with Crippen LogP contribution < -0.4 is 5.56 Å². The molecule has 0 saturated carbocycles. The summed E-state index contributed by atoms with van der Waals surface area (Å²) in [6.07, 6.45) is 1.75. The smallest absolute Gasteiger partial charge is 0.281 e. The minimum absolute atomic E-state index is 0.0582. The van der Waals surface area contributed by atoms with E-state index in [9.17, 15) is 4.79 Å². The third kappa shape index (κ3) is 2.59. The zero-order valence-electron chi connectivity index (χ0n) is 14.8. The summed E-state index contributed by atoms with van der Waals surface area (Å²) in [6.45, 7) is 3.95. The second-order valence-electron chi connectivity index (χ2n) is 6.08. The molecule has 0 saturated heterocycles. The second kappa shape index (κ2) is 6.38. The summed E-state index contributed by atoms with van der Waals surface area (Å²) >= 11 is 1.56. The number of benzene rings is 1. The van der Waals surface area contributed by atoms with E-state index >= 15 is 0 Å². The first kappa shape index (κ1) is 16.5. The number of hydrogen-bond donors (Lipinski definition) is 0. The number of hydrogen-bond acceptors (Lipinski definition) is 4. The van der Waals surface area contributed by atoms with E-state index in [1.54, 1.807) is 22.2 Å². The van der Waals surface area contributed by atoms with Crippen molar-refractivity contribution in [1.29, 1.82) is 0 Å². The summed E-state index contributed by atoms with van der Waals surface area (Å²) in [6, 6.07) is 15.4. The third-order valence-electron chi connectivity index (χ3n) is 4.47. The fraction of sp³-hybridized carbons (Fsp3) is 0.150. The highest BCUT2D eigenvalue weighted by atomic mass is 32.1. The lowest BCUT2D eigenvalue weighted by molar-refractivity contribution is 0.630. The van der Waals surface area contributed by atoms with Crippen molar-refractivity contribution in [3.8, 4) is 27.6 Å². The molecule has 26 heavy (non-hydrogen) atoms. The maximum absolute atomic E-state index is 13.2. The van der Waals surface area contributed by atoms with Crippen LogP contribution in [0.1, 0.15) is 10.6 Å². The lowest BCUT2D eigenvalue weighted by Gasteiger charge is -2.07. The minimum Gasteiger partial charge on any atom is -0.285 e. The van der Waals surface area contributed by atoms with Gasteiger partial charge in [-0.15, -0.1) is 11.3 Å². The first-order valence-corrected chi connectivity index (χ1v) is 9.13. The Balaban J connectivity index is 1.91. The number of thiazole rings is 1. The van der Waals surface area contributed by atoms with Crippen LogP contribution in [0.2, 0.25) is 0 Å². The quantitative estimate of drug-likeness (QED) is 0.554. The van der Waals surface area contributed by atoms with Gasteiger partial charge in [0.05, 0.1) is 22.6 Å². The molecular weight excluding hydrogens is 344 g/mol. The maximum Gasteiger partial charge on any atom is 0.281 e. The zero-order chi connectivity index (χ0) is 18.3. The van der Waals surface area contributed by atoms with Crippen molar-refractivity contribution >= 4 is 11.3 Å². The van der Waals surface area contributed by atoms with Gasteiger partial charge in [-0.25, -0.2) is 9.67 Å². The molecule has 0 aliphatic carbocycles. The van der Waals surface area contributed by atoms with E-state index in [4.69, 9.17) is 4.98 Å². The predicted molar refractivity (Wildman–Crippen MR) is 105 cm³/mol. The fourth-order valence-corrected chi connectivity index (χ4v) is 3.96. The van der Waals surface area contributed by atoms with Gasteiger partial charge in [-0.1, -0.05) is 24.3 Å². The van der Waals surface area contributed by atoms with E-state index in [0.717, 1.165) is 32.7 Å². The van der Waals surface area contributed by atoms with Crippen LogP contribution >= 0.6 is 11.3 Å². The molecule has 0 aliphatic rings. The molecule has 0 N–H and O–H groups in total. The summed E-state index contributed by atoms with van der Waals surface area (Å²) < 4.78 is 3.57. The van der Waals surface area contributed by atoms with Crippen molar-refractivity contribution in [2.24, 2.45) is 7.05 Å². The summed E-state index contributed by atoms with van der Waals surface area (Å²) in [7, 11) is 1.90. The molecule has 0 amide bonds. The highest BCUT2D eigenvalue weighted by Gasteiger charge is 2.22. The lowest BCUT2D eigenvalue weighted by atomic mass is 10.1. The molecule has 0 aliphatic heterocycles. The largest absolute Gasteiger partial charge is 0.285 e. The molecule has 1 aromatic carbocycles. The Hall–Kier alpha value is -2.99. The van der Waals surface area contributed by atoms with Crippen molar-refractivity contribution in [3.63, 3.8) is 0 Å². The van der Waals surface area contributed by atoms with Crippen LogP contribution in [0, 0.1) is 13.8 Å². The van der Waals surface area contributed by atoms with E-state index in [-0.39, 0.29) is 5.56 Å². The van der Waals surface area contributed by atoms with Crippen LogP contribution in [0.5, 0.6) is 0 Å². The zero-order valence-corrected chi connectivity index (χ0v) is 15.6. The van der Waals surface area contributed by atoms with Gasteiger partial charge in [0.2, 0.25) is 0 Å². The molecule has 3 aromatic heterocycles. The van der Waals surface area contributed by atoms with Crippen LogP contribution in [0.4, 0.5) is 0 Å². The summed E-state index contributed by atoms with van der Waals surface area (Å²) in [5.74, 6) is 0. The molecule has 4 aromatic rings. The molecule has 0 radical (unpaired) electrons. The molecule has 0 fully saturated rings. The molecule has 0 bridgehead atoms. The Labute approximate surface area is 155 Å². The van der Waals surface area contributed by atoms with E-state index in [0.29, 0.717) is 5.56 Å². The van der Waals surface area contributed by atoms with E-state index in [1.807, 2.05) is 74.1 Å². The van der Waals surface area contributed by atoms with Gasteiger partial charge in [0.15, 0.2) is 0 Å². The average Bonchev–Trinajstić information content (AvgIpc) is 3.14. The van der Waals surface area contributed by atoms with Crippen LogP contribution in [-0.2, 0) is 7.05 Å². The summed E-state index contributed by atoms with van der Waals surface area (Å²) in [5.41, 5.74) is 3.88. The van der Waals surface area contributed by atoms with Gasteiger partial charge in [0.25, 0.3) is 5.56 Å². The average molecular weight is 362 g/mol. The van der Waals surface area contributed by atoms with Crippen LogP contribution in [0.15, 0.2) is 59.5 Å². The number of pyridine rings is 1. The Kier molecular flexibility index (Phi) is 4.05. The molecule has 3 heterocycles. The lowest BCUT2D eigenvalue weighted by Crippen LogP contribution is -2.20. The van der Waals surface area contributed by atoms with E-state index in [1.165, 1.54) is 0 Å². The van der Waals surface area contributed by atoms with Crippen molar-refractivity contribution in [2.75, 3.05) is 0 Å². The topological polar surface area (TPSA) is 52.7 Å². The van der Waals surface area contributed by atoms with Crippen LogP contribution in [0.25, 0.3) is 27.6 Å². The maximum atomic E-state index is 13.2. The van der Waals surface area contributed by atoms with Crippen molar-refractivity contribution in [1.82, 2.24) is 19.3 Å². The number of nitrogens with zero attached hydrogens (tertiary/aromatic N) is 4. The molecule has 0 spiro atoms. The van der Waals surface area contributed by atoms with Crippen molar-refractivity contribution in [3.05, 3.63) is 75.7 Å². The monoisotopic (exact) mass is 362 g/mol. The van der Waals surface area contributed by atoms with Crippen LogP contribution in [0.3, 0.4) is 0 Å². The highest BCUT2D eigenvalue weighted by molar-refractivity contribution is 7.15. The first-order chi connectivity index (χ1) is 12.6. The van der Waals surface area contributed by atoms with Crippen LogP contribution in [-0.4, -0.2) is 19.3 Å². The molecule has 6 heteroatoms. The van der Waals surface area contributed by atoms with Gasteiger partial charge in [-0.2, -0.15) is 0 Å². The molecule has 0 unspecified atom stereocenters. The molecule has 130 valence electrons. The molecule has 4 rings (SSSR count). The number of para-hydroxylation sites is 1. The Morgan fingerprint density at radius 3 is 2.42 bits per heavy atom. The van der Waals surface area contributed by atoms with Crippen molar-refractivity contribution in [2.45, 2.75) is 13.8 Å². The summed E-state index contributed by atoms with van der Waals surface area (Å²) in [4.78, 5) is 23.3. The van der Waals surface area contributed by atoms with Crippen molar-refractivity contribution < 1.29 is 0 Å². The highest BCUT2D eigenvalue weighted by Crippen LogP contribution is 2.32. The number of aryl methyl sites for hydroxylation is 1. The van der Waals surface area contributed by atoms with Gasteiger partial charge in [-0.3, -0.25) is 14.5 Å². The standard InChI is InChI=1S/C20H18N4OS/c1-13-17(20(25)24(23(13)3)15-9-5-4-6-10-15)18-14(2)26-19(22-18)16-11-7-8-12-21-16/h4-12H,1-3H3. The Morgan fingerprint density at radius 1 is 1.00 bits per heavy atom. The van der Waals surface area contributed by atoms with Gasteiger partial charge in [0, 0.05) is 23.8 Å². The van der Waals surface area contributed by atoms with Gasteiger partial charge < -0.3 is 0 Å². The minimum atomic E-state index is -0.0582. The van der Waals surface area contributed by atoms with Gasteiger partial charge >= 0.3 is 0 Å². The second-order valence-corrected chi connectivity index (χ2v) is 7.28. The van der Waals surface area contributed by atoms with E-state index < -0.39 is 0 Å². The molecule has 5 nitrogen and oxygen atoms in total. The van der Waals surface area contributed by atoms with E-state index in [2.05, 4.69) is 4.98 Å². The molecule has 0 atom stereocenters. The number of aromatic nitrogens is 4. The van der Waals surface area contributed by atoms with Gasteiger partial charge in [0.1, 0.15) is 5.01 Å². The fourth-order valence-electron chi connectivity index (χ4n) is 3.07. The number of rotatable bonds is 3. The van der Waals surface area contributed by atoms with Gasteiger partial charge in [-0.05, 0) is 38.1 Å². The Bertz CT molecular complexity index is 1120. The normalized spacial score (nSPS) is 11.0. The molecular formula is C20H18N4OS. The Morgan fingerprint density at radius 2 is 1.73 bits per heavy atom. The first-order valence-electron chi connectivity index (χ1n) is 8.31. The third-order valence-corrected chi connectivity index (χ3v) is 5.46. The predicted octanol–water partition coefficient (Wildman–Crippen LogP) is 3.98. The summed E-state index contributed by atoms with van der Waals surface area (Å²) in [5, 5.41) is 0.826. The SMILES string of the molecule is Cc1sc(-c2ccccn2)nc1-c1c(C)n(C)n(-c2ccccc2)c1=O.